The van der Waals surface area contributed by atoms with Crippen molar-refractivity contribution in [3.8, 4) is 11.4 Å². The molecule has 27 heavy (non-hydrogen) atoms. The summed E-state index contributed by atoms with van der Waals surface area (Å²) >= 11 is 0. The summed E-state index contributed by atoms with van der Waals surface area (Å²) in [5.74, 6) is -1.25. The quantitative estimate of drug-likeness (QED) is 0.392. The van der Waals surface area contributed by atoms with Crippen LogP contribution in [0.3, 0.4) is 0 Å². The second kappa shape index (κ2) is 7.99. The molecule has 0 atom stereocenters. The average molecular weight is 367 g/mol. The van der Waals surface area contributed by atoms with Gasteiger partial charge in [0.1, 0.15) is 22.5 Å². The van der Waals surface area contributed by atoms with Gasteiger partial charge >= 0.3 is 5.97 Å². The van der Waals surface area contributed by atoms with Crippen LogP contribution in [0.15, 0.2) is 36.4 Å². The van der Waals surface area contributed by atoms with E-state index in [1.54, 1.807) is 6.92 Å². The molecule has 0 spiro atoms. The number of hydrogen-bond acceptors (Lipinski definition) is 6. The summed E-state index contributed by atoms with van der Waals surface area (Å²) < 4.78 is 4.94. The maximum absolute atomic E-state index is 11.4. The van der Waals surface area contributed by atoms with E-state index in [2.05, 4.69) is 10.2 Å². The molecule has 2 aromatic carbocycles. The number of ether oxygens (including phenoxy) is 1. The molecule has 0 unspecified atom stereocenters. The molecule has 1 heterocycles. The van der Waals surface area contributed by atoms with Gasteiger partial charge in [0.2, 0.25) is 5.78 Å². The Kier molecular flexibility index (Phi) is 5.49. The summed E-state index contributed by atoms with van der Waals surface area (Å²) in [4.78, 5) is 24.0. The zero-order valence-corrected chi connectivity index (χ0v) is 15.3. The van der Waals surface area contributed by atoms with Crippen molar-refractivity contribution >= 4 is 22.8 Å². The topological polar surface area (TPSA) is 94.3 Å². The van der Waals surface area contributed by atoms with Crippen LogP contribution in [0.1, 0.15) is 30.9 Å². The van der Waals surface area contributed by atoms with Crippen LogP contribution in [-0.2, 0) is 20.7 Å². The van der Waals surface area contributed by atoms with E-state index in [1.807, 2.05) is 43.3 Å². The SMILES string of the molecule is CCC(=O)C(=O)OCCCc1cc(C)cc(-n2nc3ccccc3n2)c1O. The number of nitrogens with zero attached hydrogens (tertiary/aromatic N) is 3. The van der Waals surface area contributed by atoms with Gasteiger partial charge in [-0.15, -0.1) is 15.0 Å². The fourth-order valence-electron chi connectivity index (χ4n) is 2.80. The molecule has 0 radical (unpaired) electrons. The second-order valence-corrected chi connectivity index (χ2v) is 6.29. The Balaban J connectivity index is 1.75. The first-order valence-electron chi connectivity index (χ1n) is 8.84. The van der Waals surface area contributed by atoms with Crippen molar-refractivity contribution in [2.75, 3.05) is 6.61 Å². The van der Waals surface area contributed by atoms with Gasteiger partial charge in [-0.3, -0.25) is 4.79 Å². The lowest BCUT2D eigenvalue weighted by atomic mass is 10.0. The van der Waals surface area contributed by atoms with Gasteiger partial charge in [0.25, 0.3) is 0 Å². The molecule has 0 aliphatic rings. The van der Waals surface area contributed by atoms with Crippen LogP contribution in [0.4, 0.5) is 0 Å². The first-order valence-corrected chi connectivity index (χ1v) is 8.84. The molecular weight excluding hydrogens is 346 g/mol. The predicted octanol–water partition coefficient (Wildman–Crippen LogP) is 2.89. The molecule has 1 N–H and O–H groups in total. The summed E-state index contributed by atoms with van der Waals surface area (Å²) in [6.07, 6.45) is 1.12. The van der Waals surface area contributed by atoms with Crippen LogP contribution in [-0.4, -0.2) is 38.5 Å². The number of rotatable bonds is 7. The Morgan fingerprint density at radius 1 is 1.15 bits per heavy atom. The Bertz CT molecular complexity index is 961. The van der Waals surface area contributed by atoms with Crippen molar-refractivity contribution in [3.63, 3.8) is 0 Å². The van der Waals surface area contributed by atoms with Crippen molar-refractivity contribution in [2.45, 2.75) is 33.1 Å². The van der Waals surface area contributed by atoms with E-state index in [9.17, 15) is 14.7 Å². The molecule has 7 heteroatoms. The Morgan fingerprint density at radius 3 is 2.44 bits per heavy atom. The molecule has 0 aliphatic heterocycles. The fraction of sp³-hybridized carbons (Fsp3) is 0.300. The number of aryl methyl sites for hydroxylation is 2. The molecule has 1 aromatic heterocycles. The predicted molar refractivity (Wildman–Crippen MR) is 99.8 cm³/mol. The van der Waals surface area contributed by atoms with Crippen LogP contribution in [0, 0.1) is 6.92 Å². The minimum atomic E-state index is -0.806. The number of carbonyl (C=O) groups is 2. The molecule has 0 amide bonds. The third-order valence-electron chi connectivity index (χ3n) is 4.19. The van der Waals surface area contributed by atoms with Crippen LogP contribution in [0.2, 0.25) is 0 Å². The van der Waals surface area contributed by atoms with Gasteiger partial charge in [0.05, 0.1) is 6.61 Å². The Labute approximate surface area is 156 Å². The molecule has 0 bridgehead atoms. The van der Waals surface area contributed by atoms with E-state index in [0.717, 1.165) is 16.6 Å². The summed E-state index contributed by atoms with van der Waals surface area (Å²) in [6.45, 7) is 3.66. The van der Waals surface area contributed by atoms with Gasteiger partial charge in [-0.1, -0.05) is 25.1 Å². The van der Waals surface area contributed by atoms with E-state index in [-0.39, 0.29) is 18.8 Å². The molecule has 0 aliphatic carbocycles. The van der Waals surface area contributed by atoms with E-state index in [1.165, 1.54) is 4.80 Å². The monoisotopic (exact) mass is 367 g/mol. The summed E-state index contributed by atoms with van der Waals surface area (Å²) in [5.41, 5.74) is 3.65. The zero-order valence-electron chi connectivity index (χ0n) is 15.3. The summed E-state index contributed by atoms with van der Waals surface area (Å²) in [6, 6.07) is 11.2. The highest BCUT2D eigenvalue weighted by Gasteiger charge is 2.15. The van der Waals surface area contributed by atoms with Crippen molar-refractivity contribution in [3.05, 3.63) is 47.5 Å². The highest BCUT2D eigenvalue weighted by atomic mass is 16.5. The smallest absolute Gasteiger partial charge is 0.374 e. The number of aromatic hydroxyl groups is 1. The number of phenols is 1. The molecular formula is C20H21N3O4. The number of carbonyl (C=O) groups excluding carboxylic acids is 2. The van der Waals surface area contributed by atoms with Crippen molar-refractivity contribution in [1.29, 1.82) is 0 Å². The standard InChI is InChI=1S/C20H21N3O4/c1-3-18(24)20(26)27-10-6-7-14-11-13(2)12-17(19(14)25)23-21-15-8-4-5-9-16(15)22-23/h4-5,8-9,11-12,25H,3,6-7,10H2,1-2H3. The maximum Gasteiger partial charge on any atom is 0.374 e. The summed E-state index contributed by atoms with van der Waals surface area (Å²) in [7, 11) is 0. The van der Waals surface area contributed by atoms with Crippen molar-refractivity contribution in [2.24, 2.45) is 0 Å². The number of ketones is 1. The second-order valence-electron chi connectivity index (χ2n) is 6.29. The van der Waals surface area contributed by atoms with Gasteiger partial charge in [0.15, 0.2) is 0 Å². The Morgan fingerprint density at radius 2 is 1.81 bits per heavy atom. The number of aromatic nitrogens is 3. The molecule has 3 rings (SSSR count). The Hall–Kier alpha value is -3.22. The molecule has 7 nitrogen and oxygen atoms in total. The third-order valence-corrected chi connectivity index (χ3v) is 4.19. The lowest BCUT2D eigenvalue weighted by Crippen LogP contribution is -2.17. The number of fused-ring (bicyclic) bond motifs is 1. The van der Waals surface area contributed by atoms with Gasteiger partial charge in [-0.25, -0.2) is 4.79 Å². The van der Waals surface area contributed by atoms with Crippen molar-refractivity contribution in [1.82, 2.24) is 15.0 Å². The third kappa shape index (κ3) is 4.13. The number of Topliss-reactive ketones (excluding diaryl/α,β-unsaturated/α-hetero) is 1. The van der Waals surface area contributed by atoms with Crippen molar-refractivity contribution < 1.29 is 19.4 Å². The van der Waals surface area contributed by atoms with Gasteiger partial charge in [0, 0.05) is 6.42 Å². The van der Waals surface area contributed by atoms with Crippen LogP contribution < -0.4 is 0 Å². The first kappa shape index (κ1) is 18.6. The minimum Gasteiger partial charge on any atom is -0.505 e. The highest BCUT2D eigenvalue weighted by molar-refractivity contribution is 6.33. The lowest BCUT2D eigenvalue weighted by molar-refractivity contribution is -0.153. The molecule has 140 valence electrons. The van der Waals surface area contributed by atoms with Gasteiger partial charge < -0.3 is 9.84 Å². The minimum absolute atomic E-state index is 0.0943. The number of esters is 1. The zero-order chi connectivity index (χ0) is 19.4. The van der Waals surface area contributed by atoms with E-state index >= 15 is 0 Å². The summed E-state index contributed by atoms with van der Waals surface area (Å²) in [5, 5.41) is 19.5. The fourth-order valence-corrected chi connectivity index (χ4v) is 2.80. The average Bonchev–Trinajstić information content (AvgIpc) is 3.10. The maximum atomic E-state index is 11.4. The van der Waals surface area contributed by atoms with Crippen LogP contribution in [0.5, 0.6) is 5.75 Å². The highest BCUT2D eigenvalue weighted by Crippen LogP contribution is 2.29. The molecule has 0 fully saturated rings. The lowest BCUT2D eigenvalue weighted by Gasteiger charge is -2.11. The largest absolute Gasteiger partial charge is 0.505 e. The molecule has 3 aromatic rings. The molecule has 0 saturated heterocycles. The van der Waals surface area contributed by atoms with Crippen LogP contribution >= 0.6 is 0 Å². The van der Waals surface area contributed by atoms with E-state index < -0.39 is 11.8 Å². The molecule has 0 saturated carbocycles. The van der Waals surface area contributed by atoms with Gasteiger partial charge in [-0.2, -0.15) is 0 Å². The van der Waals surface area contributed by atoms with E-state index in [0.29, 0.717) is 24.1 Å². The normalized spacial score (nSPS) is 10.9. The van der Waals surface area contributed by atoms with Gasteiger partial charge in [-0.05, 0) is 49.1 Å². The van der Waals surface area contributed by atoms with Crippen LogP contribution in [0.25, 0.3) is 16.7 Å². The first-order chi connectivity index (χ1) is 13.0. The number of phenolic OH excluding ortho intramolecular Hbond substituents is 1. The van der Waals surface area contributed by atoms with E-state index in [4.69, 9.17) is 4.74 Å². The number of benzene rings is 2. The number of hydrogen-bond donors (Lipinski definition) is 1.